The Morgan fingerprint density at radius 2 is 0.821 bits per heavy atom. The highest BCUT2D eigenvalue weighted by Gasteiger charge is 2.22. The van der Waals surface area contributed by atoms with Crippen molar-refractivity contribution in [2.24, 2.45) is 0 Å². The zero-order valence-corrected chi connectivity index (χ0v) is 19.7. The van der Waals surface area contributed by atoms with Gasteiger partial charge in [-0.15, -0.1) is 0 Å². The van der Waals surface area contributed by atoms with Gasteiger partial charge in [-0.25, -0.2) is 14.4 Å². The van der Waals surface area contributed by atoms with Gasteiger partial charge in [0.15, 0.2) is 6.10 Å². The van der Waals surface area contributed by atoms with Crippen LogP contribution in [0.4, 0.5) is 17.1 Å². The van der Waals surface area contributed by atoms with E-state index in [0.717, 1.165) is 72.8 Å². The number of ether oxygens (including phenoxy) is 3. The van der Waals surface area contributed by atoms with E-state index in [9.17, 15) is 44.7 Å². The van der Waals surface area contributed by atoms with Gasteiger partial charge in [-0.1, -0.05) is 0 Å². The first-order chi connectivity index (χ1) is 18.5. The summed E-state index contributed by atoms with van der Waals surface area (Å²) in [4.78, 5) is 67.7. The smallest absolute Gasteiger partial charge is 0.338 e. The number of esters is 3. The average Bonchev–Trinajstić information content (AvgIpc) is 2.94. The predicted molar refractivity (Wildman–Crippen MR) is 129 cm³/mol. The van der Waals surface area contributed by atoms with Crippen molar-refractivity contribution in [3.8, 4) is 0 Å². The topological polar surface area (TPSA) is 208 Å². The van der Waals surface area contributed by atoms with Gasteiger partial charge < -0.3 is 14.2 Å². The van der Waals surface area contributed by atoms with Crippen LogP contribution in [0.1, 0.15) is 31.1 Å². The highest BCUT2D eigenvalue weighted by atomic mass is 16.6. The fourth-order valence-electron chi connectivity index (χ4n) is 3.00. The van der Waals surface area contributed by atoms with Crippen LogP contribution >= 0.6 is 0 Å². The molecule has 0 N–H and O–H groups in total. The van der Waals surface area contributed by atoms with E-state index in [-0.39, 0.29) is 33.8 Å². The molecule has 3 rings (SSSR count). The third-order valence-electron chi connectivity index (χ3n) is 5.02. The van der Waals surface area contributed by atoms with Gasteiger partial charge in [0.2, 0.25) is 0 Å². The Balaban J connectivity index is 1.70. The highest BCUT2D eigenvalue weighted by molar-refractivity contribution is 5.91. The first-order valence-electron chi connectivity index (χ1n) is 10.8. The molecule has 0 spiro atoms. The normalized spacial score (nSPS) is 10.4. The largest absolute Gasteiger partial charge is 0.458 e. The lowest BCUT2D eigenvalue weighted by molar-refractivity contribution is -0.385. The molecule has 0 saturated heterocycles. The number of nitro groups is 3. The number of hydrogen-bond donors (Lipinski definition) is 0. The van der Waals surface area contributed by atoms with Gasteiger partial charge in [0.05, 0.1) is 31.5 Å². The van der Waals surface area contributed by atoms with Gasteiger partial charge in [0.1, 0.15) is 13.2 Å². The Bertz CT molecular complexity index is 1330. The molecule has 0 aliphatic carbocycles. The molecular weight excluding hydrogens is 522 g/mol. The Morgan fingerprint density at radius 1 is 0.538 bits per heavy atom. The van der Waals surface area contributed by atoms with Crippen LogP contribution in [-0.4, -0.2) is 52.0 Å². The molecule has 3 aromatic rings. The van der Waals surface area contributed by atoms with E-state index in [0.29, 0.717) is 0 Å². The molecule has 3 aromatic carbocycles. The monoisotopic (exact) mass is 539 g/mol. The summed E-state index contributed by atoms with van der Waals surface area (Å²) in [5.74, 6) is -2.79. The van der Waals surface area contributed by atoms with Crippen LogP contribution < -0.4 is 0 Å². The number of hydrogen-bond acceptors (Lipinski definition) is 12. The van der Waals surface area contributed by atoms with E-state index < -0.39 is 52.0 Å². The highest BCUT2D eigenvalue weighted by Crippen LogP contribution is 2.16. The molecule has 15 heteroatoms. The minimum absolute atomic E-state index is 0.0380. The van der Waals surface area contributed by atoms with Gasteiger partial charge >= 0.3 is 17.9 Å². The predicted octanol–water partition coefficient (Wildman–Crippen LogP) is 3.65. The second-order valence-electron chi connectivity index (χ2n) is 7.64. The SMILES string of the molecule is O=C(OCC(COC(=O)c1ccc([N+](=O)[O-])cc1)OC(=O)c1ccc([N+](=O)[O-])cc1)c1ccc([N+](=O)[O-])cc1. The van der Waals surface area contributed by atoms with Crippen LogP contribution in [0, 0.1) is 30.3 Å². The zero-order valence-electron chi connectivity index (χ0n) is 19.7. The standard InChI is InChI=1S/C24H17N3O12/c28-22(15-1-7-18(8-2-15)25(31)32)37-13-21(39-24(30)17-5-11-20(12-6-17)27(35)36)14-38-23(29)16-3-9-19(10-4-16)26(33)34/h1-12,21H,13-14H2. The van der Waals surface area contributed by atoms with Gasteiger partial charge in [-0.05, 0) is 36.4 Å². The van der Waals surface area contributed by atoms with Crippen LogP contribution in [0.5, 0.6) is 0 Å². The summed E-state index contributed by atoms with van der Waals surface area (Å²) >= 11 is 0. The van der Waals surface area contributed by atoms with E-state index in [1.54, 1.807) is 0 Å². The van der Waals surface area contributed by atoms with Gasteiger partial charge in [0, 0.05) is 36.4 Å². The van der Waals surface area contributed by atoms with Gasteiger partial charge in [-0.3, -0.25) is 30.3 Å². The van der Waals surface area contributed by atoms with Crippen molar-refractivity contribution in [1.29, 1.82) is 0 Å². The molecule has 15 nitrogen and oxygen atoms in total. The molecule has 0 aliphatic rings. The molecule has 0 atom stereocenters. The van der Waals surface area contributed by atoms with Crippen molar-refractivity contribution >= 4 is 35.0 Å². The Kier molecular flexibility index (Phi) is 8.92. The molecule has 0 aromatic heterocycles. The molecule has 0 heterocycles. The maximum atomic E-state index is 12.6. The zero-order chi connectivity index (χ0) is 28.5. The van der Waals surface area contributed by atoms with Crippen molar-refractivity contribution in [2.45, 2.75) is 6.10 Å². The fourth-order valence-corrected chi connectivity index (χ4v) is 3.00. The molecule has 0 aliphatic heterocycles. The number of non-ortho nitro benzene ring substituents is 3. The van der Waals surface area contributed by atoms with Crippen LogP contribution in [0.3, 0.4) is 0 Å². The molecule has 39 heavy (non-hydrogen) atoms. The van der Waals surface area contributed by atoms with Gasteiger partial charge in [0.25, 0.3) is 17.1 Å². The van der Waals surface area contributed by atoms with Crippen LogP contribution in [0.2, 0.25) is 0 Å². The summed E-state index contributed by atoms with van der Waals surface area (Å²) in [6.07, 6.45) is -1.34. The number of nitro benzene ring substituents is 3. The average molecular weight is 539 g/mol. The fraction of sp³-hybridized carbons (Fsp3) is 0.125. The maximum Gasteiger partial charge on any atom is 0.338 e. The summed E-state index contributed by atoms with van der Waals surface area (Å²) in [5, 5.41) is 32.4. The van der Waals surface area contributed by atoms with E-state index >= 15 is 0 Å². The molecule has 0 saturated carbocycles. The van der Waals surface area contributed by atoms with Crippen molar-refractivity contribution in [2.75, 3.05) is 13.2 Å². The van der Waals surface area contributed by atoms with Crippen LogP contribution in [0.15, 0.2) is 72.8 Å². The van der Waals surface area contributed by atoms with Crippen molar-refractivity contribution in [3.63, 3.8) is 0 Å². The molecule has 200 valence electrons. The van der Waals surface area contributed by atoms with Crippen molar-refractivity contribution in [3.05, 3.63) is 120 Å². The Labute approximate surface area is 218 Å². The third kappa shape index (κ3) is 7.63. The number of rotatable bonds is 11. The number of nitrogens with zero attached hydrogens (tertiary/aromatic N) is 3. The number of carbonyl (C=O) groups excluding carboxylic acids is 3. The second kappa shape index (κ2) is 12.5. The molecule has 0 radical (unpaired) electrons. The van der Waals surface area contributed by atoms with Crippen LogP contribution in [0.25, 0.3) is 0 Å². The van der Waals surface area contributed by atoms with E-state index in [2.05, 4.69) is 0 Å². The minimum Gasteiger partial charge on any atom is -0.458 e. The third-order valence-corrected chi connectivity index (χ3v) is 5.02. The van der Waals surface area contributed by atoms with E-state index in [4.69, 9.17) is 14.2 Å². The van der Waals surface area contributed by atoms with Crippen molar-refractivity contribution in [1.82, 2.24) is 0 Å². The lowest BCUT2D eigenvalue weighted by atomic mass is 10.2. The number of carbonyl (C=O) groups is 3. The molecule has 0 bridgehead atoms. The molecule has 0 amide bonds. The van der Waals surface area contributed by atoms with E-state index in [1.807, 2.05) is 0 Å². The Morgan fingerprint density at radius 3 is 1.10 bits per heavy atom. The Hall–Kier alpha value is -5.73. The summed E-state index contributed by atoms with van der Waals surface area (Å²) in [5.41, 5.74) is -0.918. The quantitative estimate of drug-likeness (QED) is 0.148. The summed E-state index contributed by atoms with van der Waals surface area (Å²) < 4.78 is 15.5. The lowest BCUT2D eigenvalue weighted by Crippen LogP contribution is -2.31. The van der Waals surface area contributed by atoms with Gasteiger partial charge in [-0.2, -0.15) is 0 Å². The maximum absolute atomic E-state index is 12.6. The molecule has 0 fully saturated rings. The number of benzene rings is 3. The summed E-state index contributed by atoms with van der Waals surface area (Å²) in [6, 6.07) is 13.4. The lowest BCUT2D eigenvalue weighted by Gasteiger charge is -2.18. The minimum atomic E-state index is -1.34. The first kappa shape index (κ1) is 27.9. The van der Waals surface area contributed by atoms with E-state index in [1.165, 1.54) is 0 Å². The summed E-state index contributed by atoms with van der Waals surface area (Å²) in [6.45, 7) is -1.19. The summed E-state index contributed by atoms with van der Waals surface area (Å²) in [7, 11) is 0. The van der Waals surface area contributed by atoms with Crippen molar-refractivity contribution < 1.29 is 43.4 Å². The van der Waals surface area contributed by atoms with Crippen LogP contribution in [-0.2, 0) is 14.2 Å². The molecule has 0 unspecified atom stereocenters. The second-order valence-corrected chi connectivity index (χ2v) is 7.64. The molecular formula is C24H17N3O12. The first-order valence-corrected chi connectivity index (χ1v) is 10.8.